The number of hydrogen-bond acceptors (Lipinski definition) is 4. The molecule has 1 fully saturated rings. The average Bonchev–Trinajstić information content (AvgIpc) is 3.16. The first-order valence-corrected chi connectivity index (χ1v) is 8.44. The Hall–Kier alpha value is -2.82. The van der Waals surface area contributed by atoms with E-state index in [0.717, 1.165) is 37.1 Å². The fraction of sp³-hybridized carbons (Fsp3) is 0.300. The Morgan fingerprint density at radius 1 is 0.960 bits per heavy atom. The molecule has 5 heteroatoms. The summed E-state index contributed by atoms with van der Waals surface area (Å²) in [6.07, 6.45) is 1.23. The minimum atomic E-state index is -0.776. The monoisotopic (exact) mass is 339 g/mol. The van der Waals surface area contributed by atoms with Crippen molar-refractivity contribution < 1.29 is 19.4 Å². The molecule has 5 nitrogen and oxygen atoms in total. The molecule has 2 aromatic rings. The van der Waals surface area contributed by atoms with E-state index < -0.39 is 12.1 Å². The maximum absolute atomic E-state index is 12.2. The van der Waals surface area contributed by atoms with Crippen LogP contribution in [-0.4, -0.2) is 41.1 Å². The van der Waals surface area contributed by atoms with Crippen molar-refractivity contribution in [2.75, 3.05) is 13.1 Å². The van der Waals surface area contributed by atoms with Gasteiger partial charge in [-0.15, -0.1) is 0 Å². The lowest BCUT2D eigenvalue weighted by molar-refractivity contribution is -0.138. The highest BCUT2D eigenvalue weighted by molar-refractivity contribution is 5.92. The maximum atomic E-state index is 12.2. The van der Waals surface area contributed by atoms with Crippen LogP contribution >= 0.6 is 0 Å². The molecule has 2 aromatic carbocycles. The van der Waals surface area contributed by atoms with Gasteiger partial charge in [-0.2, -0.15) is 0 Å². The summed E-state index contributed by atoms with van der Waals surface area (Å²) in [6, 6.07) is 13.8. The third-order valence-corrected chi connectivity index (χ3v) is 4.37. The summed E-state index contributed by atoms with van der Waals surface area (Å²) < 4.78 is 5.31. The number of rotatable bonds is 4. The summed E-state index contributed by atoms with van der Waals surface area (Å²) >= 11 is 0. The normalized spacial score (nSPS) is 15.0. The molecular formula is C20H21NO4. The number of ether oxygens (including phenoxy) is 1. The van der Waals surface area contributed by atoms with E-state index in [1.807, 2.05) is 12.1 Å². The van der Waals surface area contributed by atoms with Crippen molar-refractivity contribution in [3.63, 3.8) is 0 Å². The van der Waals surface area contributed by atoms with Crippen molar-refractivity contribution in [1.82, 2.24) is 4.90 Å². The molecule has 1 saturated heterocycles. The first kappa shape index (κ1) is 17.0. The van der Waals surface area contributed by atoms with E-state index in [0.29, 0.717) is 5.56 Å². The number of benzene rings is 2. The molecule has 1 heterocycles. The molecule has 130 valence electrons. The van der Waals surface area contributed by atoms with Crippen LogP contribution in [0.4, 0.5) is 0 Å². The number of carbonyl (C=O) groups excluding carboxylic acids is 2. The van der Waals surface area contributed by atoms with E-state index in [9.17, 15) is 14.7 Å². The van der Waals surface area contributed by atoms with E-state index in [4.69, 9.17) is 4.74 Å². The van der Waals surface area contributed by atoms with Crippen LogP contribution in [0, 0.1) is 0 Å². The largest absolute Gasteiger partial charge is 0.508 e. The second-order valence-electron chi connectivity index (χ2n) is 6.20. The number of phenolic OH excluding ortho intramolecular Hbond substituents is 1. The summed E-state index contributed by atoms with van der Waals surface area (Å²) in [4.78, 5) is 26.2. The van der Waals surface area contributed by atoms with Crippen LogP contribution in [0.1, 0.15) is 30.1 Å². The van der Waals surface area contributed by atoms with Crippen LogP contribution < -0.4 is 0 Å². The molecule has 1 N–H and O–H groups in total. The minimum Gasteiger partial charge on any atom is -0.508 e. The predicted molar refractivity (Wildman–Crippen MR) is 94.2 cm³/mol. The third-order valence-electron chi connectivity index (χ3n) is 4.37. The molecule has 1 aliphatic rings. The van der Waals surface area contributed by atoms with Crippen LogP contribution in [0.5, 0.6) is 5.75 Å². The zero-order chi connectivity index (χ0) is 17.8. The highest BCUT2D eigenvalue weighted by Crippen LogP contribution is 2.22. The summed E-state index contributed by atoms with van der Waals surface area (Å²) in [5.41, 5.74) is 2.27. The summed E-state index contributed by atoms with van der Waals surface area (Å²) in [5.74, 6) is -0.426. The molecule has 1 atom stereocenters. The fourth-order valence-corrected chi connectivity index (χ4v) is 2.93. The molecule has 0 unspecified atom stereocenters. The van der Waals surface area contributed by atoms with Crippen LogP contribution in [0.3, 0.4) is 0 Å². The minimum absolute atomic E-state index is 0.133. The summed E-state index contributed by atoms with van der Waals surface area (Å²) in [5, 5.41) is 9.34. The zero-order valence-corrected chi connectivity index (χ0v) is 14.1. The zero-order valence-electron chi connectivity index (χ0n) is 14.1. The van der Waals surface area contributed by atoms with Gasteiger partial charge in [0.1, 0.15) is 5.75 Å². The number of amides is 1. The highest BCUT2D eigenvalue weighted by atomic mass is 16.5. The van der Waals surface area contributed by atoms with E-state index in [2.05, 4.69) is 0 Å². The lowest BCUT2D eigenvalue weighted by Gasteiger charge is -2.20. The Kier molecular flexibility index (Phi) is 5.03. The van der Waals surface area contributed by atoms with E-state index in [1.54, 1.807) is 48.2 Å². The van der Waals surface area contributed by atoms with Crippen molar-refractivity contribution >= 4 is 11.9 Å². The molecule has 1 amide bonds. The SMILES string of the molecule is C[C@H](OC(=O)c1ccc(-c2ccc(O)cc2)cc1)C(=O)N1CCCC1. The fourth-order valence-electron chi connectivity index (χ4n) is 2.93. The van der Waals surface area contributed by atoms with Gasteiger partial charge in [0, 0.05) is 13.1 Å². The molecule has 1 aliphatic heterocycles. The van der Waals surface area contributed by atoms with Gasteiger partial charge in [-0.05, 0) is 55.2 Å². The van der Waals surface area contributed by atoms with Crippen LogP contribution in [0.25, 0.3) is 11.1 Å². The Morgan fingerprint density at radius 3 is 2.04 bits per heavy atom. The van der Waals surface area contributed by atoms with Gasteiger partial charge in [0.25, 0.3) is 5.91 Å². The quantitative estimate of drug-likeness (QED) is 0.869. The molecule has 0 radical (unpaired) electrons. The number of aromatic hydroxyl groups is 1. The van der Waals surface area contributed by atoms with E-state index in [1.165, 1.54) is 0 Å². The van der Waals surface area contributed by atoms with Gasteiger partial charge in [-0.3, -0.25) is 4.79 Å². The van der Waals surface area contributed by atoms with Crippen molar-refractivity contribution in [3.8, 4) is 16.9 Å². The van der Waals surface area contributed by atoms with E-state index >= 15 is 0 Å². The number of hydrogen-bond donors (Lipinski definition) is 1. The Morgan fingerprint density at radius 2 is 1.48 bits per heavy atom. The Bertz CT molecular complexity index is 746. The smallest absolute Gasteiger partial charge is 0.338 e. The predicted octanol–water partition coefficient (Wildman–Crippen LogP) is 3.23. The van der Waals surface area contributed by atoms with Gasteiger partial charge in [-0.1, -0.05) is 24.3 Å². The first-order chi connectivity index (χ1) is 12.0. The van der Waals surface area contributed by atoms with Gasteiger partial charge in [0.2, 0.25) is 0 Å². The van der Waals surface area contributed by atoms with Gasteiger partial charge in [0.15, 0.2) is 6.10 Å². The van der Waals surface area contributed by atoms with E-state index in [-0.39, 0.29) is 11.7 Å². The van der Waals surface area contributed by atoms with Gasteiger partial charge < -0.3 is 14.7 Å². The number of phenols is 1. The maximum Gasteiger partial charge on any atom is 0.338 e. The molecule has 0 spiro atoms. The molecule has 0 aromatic heterocycles. The lowest BCUT2D eigenvalue weighted by atomic mass is 10.0. The molecule has 0 saturated carbocycles. The topological polar surface area (TPSA) is 66.8 Å². The van der Waals surface area contributed by atoms with Gasteiger partial charge in [0.05, 0.1) is 5.56 Å². The van der Waals surface area contributed by atoms with Crippen LogP contribution in [-0.2, 0) is 9.53 Å². The number of likely N-dealkylation sites (tertiary alicyclic amines) is 1. The standard InChI is InChI=1S/C20H21NO4/c1-14(19(23)21-12-2-3-13-21)25-20(24)17-6-4-15(5-7-17)16-8-10-18(22)11-9-16/h4-11,14,22H,2-3,12-13H2,1H3/t14-/m0/s1. The van der Waals surface area contributed by atoms with Crippen LogP contribution in [0.2, 0.25) is 0 Å². The van der Waals surface area contributed by atoms with Gasteiger partial charge in [-0.25, -0.2) is 4.79 Å². The van der Waals surface area contributed by atoms with Crippen LogP contribution in [0.15, 0.2) is 48.5 Å². The molecule has 25 heavy (non-hydrogen) atoms. The lowest BCUT2D eigenvalue weighted by Crippen LogP contribution is -2.38. The summed E-state index contributed by atoms with van der Waals surface area (Å²) in [7, 11) is 0. The highest BCUT2D eigenvalue weighted by Gasteiger charge is 2.26. The molecule has 0 bridgehead atoms. The number of nitrogens with zero attached hydrogens (tertiary/aromatic N) is 1. The first-order valence-electron chi connectivity index (χ1n) is 8.44. The Labute approximate surface area is 146 Å². The average molecular weight is 339 g/mol. The number of esters is 1. The van der Waals surface area contributed by atoms with Crippen molar-refractivity contribution in [1.29, 1.82) is 0 Å². The van der Waals surface area contributed by atoms with Crippen molar-refractivity contribution in [2.24, 2.45) is 0 Å². The van der Waals surface area contributed by atoms with Crippen molar-refractivity contribution in [3.05, 3.63) is 54.1 Å². The Balaban J connectivity index is 1.64. The number of carbonyl (C=O) groups is 2. The van der Waals surface area contributed by atoms with Crippen molar-refractivity contribution in [2.45, 2.75) is 25.9 Å². The second kappa shape index (κ2) is 7.38. The molecular weight excluding hydrogens is 318 g/mol. The summed E-state index contributed by atoms with van der Waals surface area (Å²) in [6.45, 7) is 3.09. The third kappa shape index (κ3) is 3.99. The molecule has 3 rings (SSSR count). The van der Waals surface area contributed by atoms with Gasteiger partial charge >= 0.3 is 5.97 Å². The second-order valence-corrected chi connectivity index (χ2v) is 6.20. The molecule has 0 aliphatic carbocycles.